The number of hydrogen-bond acceptors (Lipinski definition) is 5. The number of rotatable bonds is 5. The Morgan fingerprint density at radius 3 is 2.66 bits per heavy atom. The van der Waals surface area contributed by atoms with Crippen molar-refractivity contribution in [3.05, 3.63) is 56.9 Å². The molecule has 29 heavy (non-hydrogen) atoms. The summed E-state index contributed by atoms with van der Waals surface area (Å²) >= 11 is 15.6. The van der Waals surface area contributed by atoms with Crippen LogP contribution in [0.5, 0.6) is 11.5 Å². The van der Waals surface area contributed by atoms with Crippen LogP contribution in [0.4, 0.5) is 5.69 Å². The molecule has 0 atom stereocenters. The number of nitrogens with zero attached hydrogens (tertiary/aromatic N) is 1. The minimum atomic E-state index is -0.174. The third-order valence-corrected chi connectivity index (χ3v) is 5.43. The van der Waals surface area contributed by atoms with Crippen molar-refractivity contribution >= 4 is 50.7 Å². The molecule has 0 bridgehead atoms. The molecular formula is C20H15BrCl2N2O4. The van der Waals surface area contributed by atoms with E-state index in [2.05, 4.69) is 26.2 Å². The molecule has 2 aromatic carbocycles. The van der Waals surface area contributed by atoms with Crippen molar-refractivity contribution in [1.29, 1.82) is 0 Å². The number of benzene rings is 2. The molecule has 1 aliphatic rings. The maximum absolute atomic E-state index is 12.4. The molecule has 4 rings (SSSR count). The zero-order valence-corrected chi connectivity index (χ0v) is 18.1. The molecule has 2 heterocycles. The normalized spacial score (nSPS) is 12.7. The van der Waals surface area contributed by atoms with Crippen molar-refractivity contribution in [1.82, 2.24) is 4.98 Å². The molecule has 0 unspecified atom stereocenters. The number of halogens is 3. The second kappa shape index (κ2) is 8.65. The van der Waals surface area contributed by atoms with Crippen LogP contribution in [0.25, 0.3) is 11.3 Å². The minimum Gasteiger partial charge on any atom is -0.486 e. The van der Waals surface area contributed by atoms with E-state index in [1.54, 1.807) is 36.5 Å². The van der Waals surface area contributed by atoms with E-state index in [0.29, 0.717) is 68.6 Å². The van der Waals surface area contributed by atoms with Crippen LogP contribution in [0, 0.1) is 0 Å². The van der Waals surface area contributed by atoms with Gasteiger partial charge in [0.2, 0.25) is 5.91 Å². The highest BCUT2D eigenvalue weighted by Gasteiger charge is 2.17. The third kappa shape index (κ3) is 4.69. The van der Waals surface area contributed by atoms with Gasteiger partial charge >= 0.3 is 0 Å². The predicted molar refractivity (Wildman–Crippen MR) is 114 cm³/mol. The summed E-state index contributed by atoms with van der Waals surface area (Å²) in [7, 11) is 0. The maximum atomic E-state index is 12.4. The number of hydrogen-bond donors (Lipinski definition) is 1. The number of oxazole rings is 1. The van der Waals surface area contributed by atoms with E-state index < -0.39 is 0 Å². The van der Waals surface area contributed by atoms with Crippen LogP contribution in [0.3, 0.4) is 0 Å². The van der Waals surface area contributed by atoms with Gasteiger partial charge in [0.15, 0.2) is 23.1 Å². The summed E-state index contributed by atoms with van der Waals surface area (Å²) in [4.78, 5) is 16.6. The molecule has 9 heteroatoms. The number of aryl methyl sites for hydroxylation is 1. The largest absolute Gasteiger partial charge is 0.486 e. The topological polar surface area (TPSA) is 73.6 Å². The van der Waals surface area contributed by atoms with Gasteiger partial charge in [0, 0.05) is 40.0 Å². The molecule has 0 saturated carbocycles. The number of aromatic nitrogens is 1. The Morgan fingerprint density at radius 1 is 1.14 bits per heavy atom. The highest BCUT2D eigenvalue weighted by molar-refractivity contribution is 9.10. The lowest BCUT2D eigenvalue weighted by Gasteiger charge is -2.20. The Hall–Kier alpha value is -2.22. The monoisotopic (exact) mass is 496 g/mol. The van der Waals surface area contributed by atoms with Crippen LogP contribution in [0.2, 0.25) is 10.0 Å². The highest BCUT2D eigenvalue weighted by atomic mass is 79.9. The summed E-state index contributed by atoms with van der Waals surface area (Å²) < 4.78 is 17.5. The second-order valence-electron chi connectivity index (χ2n) is 6.27. The molecule has 1 amide bonds. The Bertz CT molecular complexity index is 1070. The minimum absolute atomic E-state index is 0.174. The van der Waals surface area contributed by atoms with Gasteiger partial charge < -0.3 is 19.2 Å². The molecule has 1 N–H and O–H groups in total. The first-order valence-corrected chi connectivity index (χ1v) is 10.3. The fraction of sp³-hybridized carbons (Fsp3) is 0.200. The van der Waals surface area contributed by atoms with Crippen LogP contribution in [0.15, 0.2) is 45.4 Å². The van der Waals surface area contributed by atoms with Gasteiger partial charge in [-0.3, -0.25) is 4.79 Å². The molecule has 0 spiro atoms. The first kappa shape index (κ1) is 20.1. The Balaban J connectivity index is 1.39. The van der Waals surface area contributed by atoms with E-state index in [1.807, 2.05) is 0 Å². The second-order valence-corrected chi connectivity index (χ2v) is 7.96. The summed E-state index contributed by atoms with van der Waals surface area (Å²) in [5.41, 5.74) is 1.31. The number of anilines is 1. The summed E-state index contributed by atoms with van der Waals surface area (Å²) in [5.74, 6) is 2.05. The molecule has 0 radical (unpaired) electrons. The summed E-state index contributed by atoms with van der Waals surface area (Å²) in [6.07, 6.45) is 2.13. The van der Waals surface area contributed by atoms with E-state index in [4.69, 9.17) is 37.1 Å². The van der Waals surface area contributed by atoms with Crippen molar-refractivity contribution < 1.29 is 18.7 Å². The zero-order valence-electron chi connectivity index (χ0n) is 15.0. The van der Waals surface area contributed by atoms with Crippen molar-refractivity contribution in [3.63, 3.8) is 0 Å². The van der Waals surface area contributed by atoms with E-state index in [9.17, 15) is 4.79 Å². The Labute approximate surface area is 185 Å². The van der Waals surface area contributed by atoms with Gasteiger partial charge in [-0.2, -0.15) is 0 Å². The fourth-order valence-electron chi connectivity index (χ4n) is 2.83. The lowest BCUT2D eigenvalue weighted by molar-refractivity contribution is -0.116. The van der Waals surface area contributed by atoms with Crippen molar-refractivity contribution in [2.75, 3.05) is 18.5 Å². The van der Waals surface area contributed by atoms with Gasteiger partial charge in [0.05, 0.1) is 16.9 Å². The number of fused-ring (bicyclic) bond motifs is 1. The Morgan fingerprint density at radius 2 is 1.90 bits per heavy atom. The molecule has 0 saturated heterocycles. The first-order chi connectivity index (χ1) is 14.0. The lowest BCUT2D eigenvalue weighted by atomic mass is 10.2. The average molecular weight is 498 g/mol. The van der Waals surface area contributed by atoms with E-state index >= 15 is 0 Å². The van der Waals surface area contributed by atoms with E-state index in [-0.39, 0.29) is 12.3 Å². The van der Waals surface area contributed by atoms with Gasteiger partial charge in [0.25, 0.3) is 0 Å². The SMILES string of the molecule is O=C(CCc1ncc(-c2ccc(Cl)cc2Cl)o1)Nc1cc2c(cc1Br)OCCO2. The molecular weight excluding hydrogens is 483 g/mol. The zero-order chi connectivity index (χ0) is 20.4. The standard InChI is InChI=1S/C20H15BrCl2N2O4/c21-13-8-16-17(28-6-5-27-16)9-15(13)25-19(26)3-4-20-24-10-18(29-20)12-2-1-11(22)7-14(12)23/h1-2,7-10H,3-6H2,(H,25,26). The maximum Gasteiger partial charge on any atom is 0.224 e. The van der Waals surface area contributed by atoms with Gasteiger partial charge in [-0.25, -0.2) is 4.98 Å². The summed E-state index contributed by atoms with van der Waals surface area (Å²) in [6.45, 7) is 0.983. The van der Waals surface area contributed by atoms with Gasteiger partial charge in [-0.15, -0.1) is 0 Å². The van der Waals surface area contributed by atoms with Crippen LogP contribution in [-0.2, 0) is 11.2 Å². The molecule has 1 aromatic heterocycles. The number of ether oxygens (including phenoxy) is 2. The van der Waals surface area contributed by atoms with Gasteiger partial charge in [0.1, 0.15) is 13.2 Å². The molecule has 3 aromatic rings. The number of nitrogens with one attached hydrogen (secondary N) is 1. The first-order valence-electron chi connectivity index (χ1n) is 8.79. The number of amides is 1. The fourth-order valence-corrected chi connectivity index (χ4v) is 3.76. The van der Waals surface area contributed by atoms with Crippen LogP contribution < -0.4 is 14.8 Å². The molecule has 0 fully saturated rings. The van der Waals surface area contributed by atoms with Crippen LogP contribution in [-0.4, -0.2) is 24.1 Å². The van der Waals surface area contributed by atoms with Crippen molar-refractivity contribution in [2.45, 2.75) is 12.8 Å². The number of carbonyl (C=O) groups is 1. The van der Waals surface area contributed by atoms with Gasteiger partial charge in [-0.1, -0.05) is 23.2 Å². The molecule has 150 valence electrons. The molecule has 1 aliphatic heterocycles. The smallest absolute Gasteiger partial charge is 0.224 e. The van der Waals surface area contributed by atoms with Crippen LogP contribution in [0.1, 0.15) is 12.3 Å². The molecule has 0 aliphatic carbocycles. The summed E-state index contributed by atoms with van der Waals surface area (Å²) in [6, 6.07) is 8.65. The Kier molecular flexibility index (Phi) is 5.99. The van der Waals surface area contributed by atoms with Crippen molar-refractivity contribution in [2.24, 2.45) is 0 Å². The third-order valence-electron chi connectivity index (χ3n) is 4.22. The van der Waals surface area contributed by atoms with Gasteiger partial charge in [-0.05, 0) is 34.1 Å². The lowest BCUT2D eigenvalue weighted by Crippen LogP contribution is -2.17. The van der Waals surface area contributed by atoms with E-state index in [0.717, 1.165) is 0 Å². The highest BCUT2D eigenvalue weighted by Crippen LogP contribution is 2.38. The predicted octanol–water partition coefficient (Wildman–Crippen LogP) is 5.75. The van der Waals surface area contributed by atoms with E-state index in [1.165, 1.54) is 0 Å². The molecule has 6 nitrogen and oxygen atoms in total. The average Bonchev–Trinajstić information content (AvgIpc) is 3.16. The van der Waals surface area contributed by atoms with Crippen molar-refractivity contribution in [3.8, 4) is 22.8 Å². The quantitative estimate of drug-likeness (QED) is 0.485. The summed E-state index contributed by atoms with van der Waals surface area (Å²) in [5, 5.41) is 3.87. The number of carbonyl (C=O) groups excluding carboxylic acids is 1. The van der Waals surface area contributed by atoms with Crippen LogP contribution >= 0.6 is 39.1 Å².